The highest BCUT2D eigenvalue weighted by Crippen LogP contribution is 2.35. The number of aromatic nitrogens is 2. The van der Waals surface area contributed by atoms with Crippen molar-refractivity contribution >= 4 is 27.3 Å². The Morgan fingerprint density at radius 2 is 1.93 bits per heavy atom. The summed E-state index contributed by atoms with van der Waals surface area (Å²) in [7, 11) is 1.58. The molecule has 0 aliphatic heterocycles. The number of ketones is 1. The number of fused-ring (bicyclic) bond motifs is 1. The molecular weight excluding hydrogens is 384 g/mol. The van der Waals surface area contributed by atoms with E-state index >= 15 is 0 Å². The Morgan fingerprint density at radius 3 is 2.62 bits per heavy atom. The summed E-state index contributed by atoms with van der Waals surface area (Å²) in [5, 5.41) is 0.637. The van der Waals surface area contributed by atoms with E-state index in [2.05, 4.69) is 4.98 Å². The van der Waals surface area contributed by atoms with Crippen molar-refractivity contribution in [2.75, 3.05) is 7.11 Å². The average molecular weight is 404 g/mol. The standard InChI is InChI=1S/C23H20N2O3S/c1-14-20-22(29-21(14)16-7-5-4-6-8-16)24-13-25(23(20)27)12-18-11-17(15(2)26)9-10-19(18)28-3/h4-11,13H,12H2,1-3H3. The molecule has 2 aromatic carbocycles. The fourth-order valence-corrected chi connectivity index (χ4v) is 4.59. The summed E-state index contributed by atoms with van der Waals surface area (Å²) in [6, 6.07) is 15.3. The summed E-state index contributed by atoms with van der Waals surface area (Å²) >= 11 is 1.53. The second-order valence-electron chi connectivity index (χ2n) is 6.86. The average Bonchev–Trinajstić information content (AvgIpc) is 3.07. The number of benzene rings is 2. The van der Waals surface area contributed by atoms with E-state index in [0.717, 1.165) is 26.4 Å². The van der Waals surface area contributed by atoms with Crippen LogP contribution in [0.2, 0.25) is 0 Å². The number of rotatable bonds is 5. The zero-order valence-electron chi connectivity index (χ0n) is 16.4. The van der Waals surface area contributed by atoms with Crippen LogP contribution in [0.25, 0.3) is 20.7 Å². The Hall–Kier alpha value is -3.25. The second kappa shape index (κ2) is 7.64. The van der Waals surface area contributed by atoms with Crippen LogP contribution in [0.1, 0.15) is 28.4 Å². The van der Waals surface area contributed by atoms with Gasteiger partial charge in [0.2, 0.25) is 0 Å². The number of hydrogen-bond donors (Lipinski definition) is 0. The maximum atomic E-state index is 13.2. The van der Waals surface area contributed by atoms with E-state index in [1.54, 1.807) is 36.2 Å². The van der Waals surface area contributed by atoms with Gasteiger partial charge in [-0.05, 0) is 43.2 Å². The highest BCUT2D eigenvalue weighted by atomic mass is 32.1. The molecule has 2 heterocycles. The van der Waals surface area contributed by atoms with Gasteiger partial charge >= 0.3 is 0 Å². The largest absolute Gasteiger partial charge is 0.496 e. The molecule has 0 atom stereocenters. The van der Waals surface area contributed by atoms with Gasteiger partial charge in [0.15, 0.2) is 5.78 Å². The molecule has 0 spiro atoms. The first-order valence-corrected chi connectivity index (χ1v) is 10.0. The van der Waals surface area contributed by atoms with Gasteiger partial charge in [0.25, 0.3) is 5.56 Å². The van der Waals surface area contributed by atoms with Gasteiger partial charge in [-0.25, -0.2) is 4.98 Å². The SMILES string of the molecule is COc1ccc(C(C)=O)cc1Cn1cnc2sc(-c3ccccc3)c(C)c2c1=O. The van der Waals surface area contributed by atoms with Crippen molar-refractivity contribution in [2.45, 2.75) is 20.4 Å². The van der Waals surface area contributed by atoms with Gasteiger partial charge in [-0.2, -0.15) is 0 Å². The molecule has 146 valence electrons. The van der Waals surface area contributed by atoms with Gasteiger partial charge in [-0.1, -0.05) is 30.3 Å². The molecule has 4 aromatic rings. The van der Waals surface area contributed by atoms with E-state index in [4.69, 9.17) is 4.74 Å². The van der Waals surface area contributed by atoms with Crippen LogP contribution >= 0.6 is 11.3 Å². The molecule has 4 rings (SSSR count). The molecule has 0 amide bonds. The van der Waals surface area contributed by atoms with Crippen LogP contribution in [-0.2, 0) is 6.54 Å². The van der Waals surface area contributed by atoms with Crippen LogP contribution < -0.4 is 10.3 Å². The van der Waals surface area contributed by atoms with Crippen LogP contribution in [0, 0.1) is 6.92 Å². The zero-order chi connectivity index (χ0) is 20.5. The van der Waals surface area contributed by atoms with Gasteiger partial charge in [0.1, 0.15) is 10.6 Å². The Kier molecular flexibility index (Phi) is 5.03. The van der Waals surface area contributed by atoms with Crippen molar-refractivity contribution in [3.05, 3.63) is 81.9 Å². The van der Waals surface area contributed by atoms with E-state index in [9.17, 15) is 9.59 Å². The van der Waals surface area contributed by atoms with Crippen LogP contribution in [0.4, 0.5) is 0 Å². The van der Waals surface area contributed by atoms with Gasteiger partial charge in [-0.15, -0.1) is 11.3 Å². The smallest absolute Gasteiger partial charge is 0.262 e. The van der Waals surface area contributed by atoms with Crippen molar-refractivity contribution in [3.63, 3.8) is 0 Å². The summed E-state index contributed by atoms with van der Waals surface area (Å²) in [5.41, 5.74) is 3.27. The molecule has 2 aromatic heterocycles. The van der Waals surface area contributed by atoms with Crippen molar-refractivity contribution in [3.8, 4) is 16.2 Å². The van der Waals surface area contributed by atoms with Gasteiger partial charge in [0, 0.05) is 16.0 Å². The molecule has 0 saturated carbocycles. The summed E-state index contributed by atoms with van der Waals surface area (Å²) in [6.07, 6.45) is 1.56. The summed E-state index contributed by atoms with van der Waals surface area (Å²) in [5.74, 6) is 0.602. The molecule has 0 radical (unpaired) electrons. The van der Waals surface area contributed by atoms with E-state index in [0.29, 0.717) is 16.7 Å². The monoisotopic (exact) mass is 404 g/mol. The minimum atomic E-state index is -0.0961. The maximum Gasteiger partial charge on any atom is 0.262 e. The number of nitrogens with zero attached hydrogens (tertiary/aromatic N) is 2. The summed E-state index contributed by atoms with van der Waals surface area (Å²) in [4.78, 5) is 31.3. The maximum absolute atomic E-state index is 13.2. The van der Waals surface area contributed by atoms with Crippen molar-refractivity contribution in [2.24, 2.45) is 0 Å². The highest BCUT2D eigenvalue weighted by Gasteiger charge is 2.17. The lowest BCUT2D eigenvalue weighted by Gasteiger charge is -2.11. The lowest BCUT2D eigenvalue weighted by atomic mass is 10.1. The third-order valence-electron chi connectivity index (χ3n) is 4.98. The first kappa shape index (κ1) is 19.1. The van der Waals surface area contributed by atoms with Gasteiger partial charge < -0.3 is 4.74 Å². The minimum absolute atomic E-state index is 0.0315. The number of Topliss-reactive ketones (excluding diaryl/α,β-unsaturated/α-hetero) is 1. The quantitative estimate of drug-likeness (QED) is 0.453. The third kappa shape index (κ3) is 3.47. The first-order valence-electron chi connectivity index (χ1n) is 9.21. The number of hydrogen-bond acceptors (Lipinski definition) is 5. The zero-order valence-corrected chi connectivity index (χ0v) is 17.2. The highest BCUT2D eigenvalue weighted by molar-refractivity contribution is 7.22. The molecule has 0 saturated heterocycles. The molecule has 0 aliphatic rings. The van der Waals surface area contributed by atoms with Crippen molar-refractivity contribution in [1.29, 1.82) is 0 Å². The number of carbonyl (C=O) groups is 1. The number of thiophene rings is 1. The number of carbonyl (C=O) groups excluding carboxylic acids is 1. The van der Waals surface area contributed by atoms with Crippen LogP contribution in [0.3, 0.4) is 0 Å². The first-order chi connectivity index (χ1) is 14.0. The van der Waals surface area contributed by atoms with Crippen molar-refractivity contribution < 1.29 is 9.53 Å². The molecule has 0 N–H and O–H groups in total. The molecule has 0 bridgehead atoms. The molecule has 29 heavy (non-hydrogen) atoms. The van der Waals surface area contributed by atoms with Crippen LogP contribution in [0.5, 0.6) is 5.75 Å². The van der Waals surface area contributed by atoms with E-state index in [1.807, 2.05) is 37.3 Å². The predicted molar refractivity (Wildman–Crippen MR) is 116 cm³/mol. The fourth-order valence-electron chi connectivity index (χ4n) is 3.44. The van der Waals surface area contributed by atoms with Gasteiger partial charge in [-0.3, -0.25) is 14.2 Å². The van der Waals surface area contributed by atoms with Gasteiger partial charge in [0.05, 0.1) is 25.4 Å². The normalized spacial score (nSPS) is 11.0. The second-order valence-corrected chi connectivity index (χ2v) is 7.86. The summed E-state index contributed by atoms with van der Waals surface area (Å²) < 4.78 is 6.99. The topological polar surface area (TPSA) is 61.2 Å². The minimum Gasteiger partial charge on any atom is -0.496 e. The molecular formula is C23H20N2O3S. The van der Waals surface area contributed by atoms with Crippen molar-refractivity contribution in [1.82, 2.24) is 9.55 Å². The molecule has 0 fully saturated rings. The number of ether oxygens (including phenoxy) is 1. The third-order valence-corrected chi connectivity index (χ3v) is 6.23. The van der Waals surface area contributed by atoms with Crippen LogP contribution in [0.15, 0.2) is 59.7 Å². The fraction of sp³-hybridized carbons (Fsp3) is 0.174. The Morgan fingerprint density at radius 1 is 1.17 bits per heavy atom. The van der Waals surface area contributed by atoms with E-state index in [-0.39, 0.29) is 17.9 Å². The Balaban J connectivity index is 1.82. The molecule has 6 heteroatoms. The summed E-state index contributed by atoms with van der Waals surface area (Å²) in [6.45, 7) is 3.76. The Labute approximate surface area is 172 Å². The lowest BCUT2D eigenvalue weighted by molar-refractivity contribution is 0.101. The lowest BCUT2D eigenvalue weighted by Crippen LogP contribution is -2.21. The van der Waals surface area contributed by atoms with E-state index < -0.39 is 0 Å². The van der Waals surface area contributed by atoms with E-state index in [1.165, 1.54) is 18.3 Å². The Bertz CT molecular complexity index is 1270. The predicted octanol–water partition coefficient (Wildman–Crippen LogP) is 4.69. The molecule has 5 nitrogen and oxygen atoms in total. The van der Waals surface area contributed by atoms with Crippen LogP contribution in [-0.4, -0.2) is 22.4 Å². The number of methoxy groups -OCH3 is 1. The number of aryl methyl sites for hydroxylation is 1. The molecule has 0 aliphatic carbocycles. The molecule has 0 unspecified atom stereocenters.